The van der Waals surface area contributed by atoms with Crippen molar-refractivity contribution in [3.8, 4) is 11.4 Å². The van der Waals surface area contributed by atoms with Gasteiger partial charge in [0.2, 0.25) is 0 Å². The first-order valence-corrected chi connectivity index (χ1v) is 9.82. The summed E-state index contributed by atoms with van der Waals surface area (Å²) < 4.78 is 8.85. The fourth-order valence-corrected chi connectivity index (χ4v) is 3.63. The third-order valence-corrected chi connectivity index (χ3v) is 5.58. The highest BCUT2D eigenvalue weighted by atomic mass is 35.5. The van der Waals surface area contributed by atoms with E-state index in [-0.39, 0.29) is 18.1 Å². The number of hydrogen-bond donors (Lipinski definition) is 0. The number of nitrogens with zero attached hydrogens (tertiary/aromatic N) is 4. The number of carbonyl (C=O) groups excluding carboxylic acids is 1. The fraction of sp³-hybridized carbons (Fsp3) is 0.250. The Kier molecular flexibility index (Phi) is 5.34. The number of imidazole rings is 1. The van der Waals surface area contributed by atoms with E-state index in [9.17, 15) is 9.59 Å². The van der Waals surface area contributed by atoms with Crippen molar-refractivity contribution in [2.75, 3.05) is 19.7 Å². The van der Waals surface area contributed by atoms with Crippen LogP contribution < -0.4 is 10.3 Å². The van der Waals surface area contributed by atoms with Gasteiger partial charge >= 0.3 is 0 Å². The molecule has 0 aliphatic carbocycles. The van der Waals surface area contributed by atoms with E-state index in [2.05, 4.69) is 4.98 Å². The van der Waals surface area contributed by atoms with E-state index in [4.69, 9.17) is 27.9 Å². The highest BCUT2D eigenvalue weighted by Crippen LogP contribution is 2.31. The van der Waals surface area contributed by atoms with Crippen LogP contribution in [0.15, 0.2) is 47.7 Å². The van der Waals surface area contributed by atoms with E-state index < -0.39 is 0 Å². The minimum atomic E-state index is -0.213. The number of amides is 1. The van der Waals surface area contributed by atoms with Gasteiger partial charge in [-0.3, -0.25) is 9.59 Å². The Hall–Kier alpha value is -2.77. The first kappa shape index (κ1) is 19.5. The molecule has 7 nitrogen and oxygen atoms in total. The van der Waals surface area contributed by atoms with Crippen LogP contribution in [-0.2, 0) is 6.54 Å². The van der Waals surface area contributed by atoms with Gasteiger partial charge in [-0.25, -0.2) is 4.98 Å². The third-order valence-electron chi connectivity index (χ3n) is 4.78. The Bertz CT molecular complexity index is 1140. The molecule has 0 N–H and O–H groups in total. The van der Waals surface area contributed by atoms with E-state index in [1.54, 1.807) is 52.3 Å². The first-order chi connectivity index (χ1) is 14.0. The maximum absolute atomic E-state index is 12.8. The van der Waals surface area contributed by atoms with Gasteiger partial charge in [0.1, 0.15) is 28.8 Å². The van der Waals surface area contributed by atoms with Crippen molar-refractivity contribution in [1.82, 2.24) is 19.0 Å². The molecule has 1 aliphatic rings. The summed E-state index contributed by atoms with van der Waals surface area (Å²) in [5, 5.41) is 0.758. The smallest absolute Gasteiger partial charge is 0.275 e. The van der Waals surface area contributed by atoms with Crippen molar-refractivity contribution < 1.29 is 9.53 Å². The topological polar surface area (TPSA) is 69.4 Å². The second-order valence-corrected chi connectivity index (χ2v) is 7.46. The number of ether oxygens (including phenoxy) is 1. The van der Waals surface area contributed by atoms with Gasteiger partial charge < -0.3 is 18.8 Å². The van der Waals surface area contributed by atoms with Gasteiger partial charge in [0.05, 0.1) is 23.6 Å². The molecular weight excluding hydrogens is 415 g/mol. The number of pyridine rings is 1. The zero-order valence-electron chi connectivity index (χ0n) is 15.6. The van der Waals surface area contributed by atoms with Gasteiger partial charge in [-0.05, 0) is 31.2 Å². The molecule has 0 bridgehead atoms. The average Bonchev–Trinajstić information content (AvgIpc) is 3.13. The second kappa shape index (κ2) is 7.93. The lowest BCUT2D eigenvalue weighted by Gasteiger charge is -2.29. The molecule has 150 valence electrons. The largest absolute Gasteiger partial charge is 0.490 e. The van der Waals surface area contributed by atoms with Gasteiger partial charge in [-0.1, -0.05) is 29.3 Å². The third kappa shape index (κ3) is 3.75. The Morgan fingerprint density at radius 1 is 1.14 bits per heavy atom. The van der Waals surface area contributed by atoms with Gasteiger partial charge in [0.15, 0.2) is 0 Å². The summed E-state index contributed by atoms with van der Waals surface area (Å²) >= 11 is 12.1. The summed E-state index contributed by atoms with van der Waals surface area (Å²) in [6.45, 7) is 3.33. The monoisotopic (exact) mass is 432 g/mol. The van der Waals surface area contributed by atoms with Crippen molar-refractivity contribution in [2.24, 2.45) is 0 Å². The molecule has 0 radical (unpaired) electrons. The van der Waals surface area contributed by atoms with E-state index >= 15 is 0 Å². The SMILES string of the molecule is Cc1cn(-c2ccc3n(c2=O)CCN(CCOc2cccc(Cl)c2Cl)C3=O)cn1. The predicted octanol–water partition coefficient (Wildman–Crippen LogP) is 3.18. The molecule has 1 aromatic carbocycles. The summed E-state index contributed by atoms with van der Waals surface area (Å²) in [7, 11) is 0. The molecule has 9 heteroatoms. The van der Waals surface area contributed by atoms with Gasteiger partial charge in [-0.2, -0.15) is 0 Å². The summed E-state index contributed by atoms with van der Waals surface area (Å²) in [6.07, 6.45) is 3.37. The highest BCUT2D eigenvalue weighted by molar-refractivity contribution is 6.42. The molecular formula is C20H18Cl2N4O3. The van der Waals surface area contributed by atoms with Crippen LogP contribution in [0.2, 0.25) is 10.0 Å². The van der Waals surface area contributed by atoms with Crippen LogP contribution in [0.1, 0.15) is 16.2 Å². The number of aryl methyl sites for hydroxylation is 1. The Balaban J connectivity index is 1.48. The molecule has 3 aromatic rings. The molecule has 0 spiro atoms. The highest BCUT2D eigenvalue weighted by Gasteiger charge is 2.26. The molecule has 0 unspecified atom stereocenters. The number of fused-ring (bicyclic) bond motifs is 1. The van der Waals surface area contributed by atoms with Crippen LogP contribution in [0.4, 0.5) is 0 Å². The minimum absolute atomic E-state index is 0.206. The lowest BCUT2D eigenvalue weighted by atomic mass is 10.2. The molecule has 1 amide bonds. The second-order valence-electron chi connectivity index (χ2n) is 6.68. The molecule has 3 heterocycles. The number of carbonyl (C=O) groups is 1. The van der Waals surface area contributed by atoms with Crippen LogP contribution in [-0.4, -0.2) is 44.6 Å². The van der Waals surface area contributed by atoms with Crippen molar-refractivity contribution >= 4 is 29.1 Å². The van der Waals surface area contributed by atoms with Crippen molar-refractivity contribution in [2.45, 2.75) is 13.5 Å². The maximum Gasteiger partial charge on any atom is 0.275 e. The number of aromatic nitrogens is 3. The Labute approximate surface area is 177 Å². The molecule has 0 saturated carbocycles. The van der Waals surface area contributed by atoms with Gasteiger partial charge in [0.25, 0.3) is 11.5 Å². The van der Waals surface area contributed by atoms with Crippen LogP contribution >= 0.6 is 23.2 Å². The van der Waals surface area contributed by atoms with Crippen molar-refractivity contribution in [1.29, 1.82) is 0 Å². The number of benzene rings is 1. The van der Waals surface area contributed by atoms with E-state index in [0.29, 0.717) is 46.8 Å². The van der Waals surface area contributed by atoms with E-state index in [0.717, 1.165) is 5.69 Å². The predicted molar refractivity (Wildman–Crippen MR) is 110 cm³/mol. The number of rotatable bonds is 5. The summed E-state index contributed by atoms with van der Waals surface area (Å²) in [4.78, 5) is 31.5. The normalized spacial score (nSPS) is 13.5. The zero-order chi connectivity index (χ0) is 20.5. The van der Waals surface area contributed by atoms with Crippen molar-refractivity contribution in [3.63, 3.8) is 0 Å². The molecule has 0 saturated heterocycles. The lowest BCUT2D eigenvalue weighted by molar-refractivity contribution is 0.0673. The molecule has 0 fully saturated rings. The minimum Gasteiger partial charge on any atom is -0.490 e. The van der Waals surface area contributed by atoms with Crippen LogP contribution in [0, 0.1) is 6.92 Å². The number of halogens is 2. The van der Waals surface area contributed by atoms with Gasteiger partial charge in [-0.15, -0.1) is 0 Å². The summed E-state index contributed by atoms with van der Waals surface area (Å²) in [5.74, 6) is 0.267. The fourth-order valence-electron chi connectivity index (χ4n) is 3.28. The molecule has 2 aromatic heterocycles. The lowest BCUT2D eigenvalue weighted by Crippen LogP contribution is -2.46. The number of hydrogen-bond acceptors (Lipinski definition) is 4. The summed E-state index contributed by atoms with van der Waals surface area (Å²) in [6, 6.07) is 8.48. The zero-order valence-corrected chi connectivity index (χ0v) is 17.2. The van der Waals surface area contributed by atoms with Crippen LogP contribution in [0.5, 0.6) is 5.75 Å². The molecule has 4 rings (SSSR count). The molecule has 0 atom stereocenters. The standard InChI is InChI=1S/C20H18Cl2N4O3/c1-13-11-25(12-23-13)15-5-6-16-19(27)24(7-8-26(16)20(15)28)9-10-29-17-4-2-3-14(21)18(17)22/h2-6,11-12H,7-10H2,1H3. The average molecular weight is 433 g/mol. The summed E-state index contributed by atoms with van der Waals surface area (Å²) in [5.41, 5.74) is 1.43. The van der Waals surface area contributed by atoms with Crippen LogP contribution in [0.25, 0.3) is 5.69 Å². The van der Waals surface area contributed by atoms with E-state index in [1.165, 1.54) is 4.57 Å². The Morgan fingerprint density at radius 2 is 1.97 bits per heavy atom. The Morgan fingerprint density at radius 3 is 2.72 bits per heavy atom. The maximum atomic E-state index is 12.8. The first-order valence-electron chi connectivity index (χ1n) is 9.06. The van der Waals surface area contributed by atoms with E-state index in [1.807, 2.05) is 6.92 Å². The van der Waals surface area contributed by atoms with Gasteiger partial charge in [0, 0.05) is 19.3 Å². The quantitative estimate of drug-likeness (QED) is 0.620. The van der Waals surface area contributed by atoms with Crippen LogP contribution in [0.3, 0.4) is 0 Å². The molecule has 1 aliphatic heterocycles. The van der Waals surface area contributed by atoms with Crippen molar-refractivity contribution in [3.05, 3.63) is 74.6 Å². The molecule has 29 heavy (non-hydrogen) atoms.